The second-order valence-electron chi connectivity index (χ2n) is 6.87. The molecular formula is C18H18FN5O. The van der Waals surface area contributed by atoms with Crippen molar-refractivity contribution >= 4 is 22.9 Å². The average molecular weight is 339 g/mol. The molecule has 1 N–H and O–H groups in total. The van der Waals surface area contributed by atoms with Gasteiger partial charge in [0.25, 0.3) is 6.01 Å². The molecule has 2 aromatic heterocycles. The highest BCUT2D eigenvalue weighted by atomic mass is 19.1. The van der Waals surface area contributed by atoms with Crippen LogP contribution in [0.5, 0.6) is 0 Å². The summed E-state index contributed by atoms with van der Waals surface area (Å²) in [5, 5.41) is 11.9. The van der Waals surface area contributed by atoms with Crippen molar-refractivity contribution in [3.8, 4) is 0 Å². The van der Waals surface area contributed by atoms with Gasteiger partial charge in [0.2, 0.25) is 0 Å². The quantitative estimate of drug-likeness (QED) is 0.770. The molecule has 0 radical (unpaired) electrons. The number of hydrogen-bond acceptors (Lipinski definition) is 6. The van der Waals surface area contributed by atoms with Crippen LogP contribution in [-0.4, -0.2) is 34.8 Å². The van der Waals surface area contributed by atoms with E-state index in [1.165, 1.54) is 25.0 Å². The standard InChI is InChI=1S/C18H18FN5O/c19-13-3-4-15-16(7-13)25-18(21-15)20-8-11-9-24(10-11)17-6-5-14(22-23-17)12-1-2-12/h3-7,11-12H,1-2,8-10H2,(H,20,21). The van der Waals surface area contributed by atoms with Gasteiger partial charge in [-0.15, -0.1) is 5.10 Å². The molecule has 0 amide bonds. The first-order valence-corrected chi connectivity index (χ1v) is 8.63. The summed E-state index contributed by atoms with van der Waals surface area (Å²) >= 11 is 0. The van der Waals surface area contributed by atoms with E-state index in [4.69, 9.17) is 4.42 Å². The molecule has 0 atom stereocenters. The lowest BCUT2D eigenvalue weighted by Gasteiger charge is -2.39. The van der Waals surface area contributed by atoms with Gasteiger partial charge in [0, 0.05) is 37.5 Å². The van der Waals surface area contributed by atoms with E-state index in [1.807, 2.05) is 0 Å². The Morgan fingerprint density at radius 2 is 2.04 bits per heavy atom. The van der Waals surface area contributed by atoms with Gasteiger partial charge >= 0.3 is 0 Å². The lowest BCUT2D eigenvalue weighted by Crippen LogP contribution is -2.50. The summed E-state index contributed by atoms with van der Waals surface area (Å²) in [5.74, 6) is 1.76. The first-order valence-electron chi connectivity index (χ1n) is 8.63. The Bertz CT molecular complexity index is 899. The van der Waals surface area contributed by atoms with Gasteiger partial charge in [-0.3, -0.25) is 0 Å². The third kappa shape index (κ3) is 2.90. The minimum atomic E-state index is -0.321. The van der Waals surface area contributed by atoms with E-state index in [0.29, 0.717) is 29.0 Å². The SMILES string of the molecule is Fc1ccc2nc(NCC3CN(c4ccc(C5CC5)nn4)C3)oc2c1. The lowest BCUT2D eigenvalue weighted by atomic mass is 10.0. The van der Waals surface area contributed by atoms with Crippen LogP contribution in [0.1, 0.15) is 24.5 Å². The van der Waals surface area contributed by atoms with Crippen LogP contribution in [0.2, 0.25) is 0 Å². The molecule has 1 saturated carbocycles. The number of nitrogens with zero attached hydrogens (tertiary/aromatic N) is 4. The summed E-state index contributed by atoms with van der Waals surface area (Å²) in [6, 6.07) is 8.96. The zero-order valence-electron chi connectivity index (χ0n) is 13.7. The Morgan fingerprint density at radius 1 is 1.16 bits per heavy atom. The monoisotopic (exact) mass is 339 g/mol. The largest absolute Gasteiger partial charge is 0.423 e. The predicted molar refractivity (Wildman–Crippen MR) is 92.2 cm³/mol. The Balaban J connectivity index is 1.15. The summed E-state index contributed by atoms with van der Waals surface area (Å²) in [7, 11) is 0. The number of nitrogens with one attached hydrogen (secondary N) is 1. The third-order valence-electron chi connectivity index (χ3n) is 4.84. The van der Waals surface area contributed by atoms with Gasteiger partial charge in [-0.2, -0.15) is 10.1 Å². The number of aromatic nitrogens is 3. The molecule has 2 fully saturated rings. The number of halogens is 1. The molecule has 25 heavy (non-hydrogen) atoms. The fourth-order valence-electron chi connectivity index (χ4n) is 3.19. The number of oxazole rings is 1. The van der Waals surface area contributed by atoms with Crippen LogP contribution in [0.15, 0.2) is 34.7 Å². The van der Waals surface area contributed by atoms with Crippen LogP contribution < -0.4 is 10.2 Å². The van der Waals surface area contributed by atoms with Crippen LogP contribution in [0, 0.1) is 11.7 Å². The Labute approximate surface area is 144 Å². The second-order valence-corrected chi connectivity index (χ2v) is 6.87. The lowest BCUT2D eigenvalue weighted by molar-refractivity contribution is 0.421. The van der Waals surface area contributed by atoms with Gasteiger partial charge < -0.3 is 14.6 Å². The van der Waals surface area contributed by atoms with Gasteiger partial charge in [-0.25, -0.2) is 4.39 Å². The molecule has 5 rings (SSSR count). The summed E-state index contributed by atoms with van der Waals surface area (Å²) in [6.45, 7) is 2.62. The maximum absolute atomic E-state index is 13.2. The molecule has 3 heterocycles. The number of rotatable bonds is 5. The summed E-state index contributed by atoms with van der Waals surface area (Å²) in [5.41, 5.74) is 2.24. The number of hydrogen-bond donors (Lipinski definition) is 1. The Kier molecular flexibility index (Phi) is 3.33. The van der Waals surface area contributed by atoms with Gasteiger partial charge in [0.05, 0.1) is 5.69 Å². The van der Waals surface area contributed by atoms with Gasteiger partial charge in [-0.05, 0) is 37.1 Å². The minimum absolute atomic E-state index is 0.321. The second kappa shape index (κ2) is 5.68. The minimum Gasteiger partial charge on any atom is -0.423 e. The van der Waals surface area contributed by atoms with E-state index in [2.05, 4.69) is 37.5 Å². The number of benzene rings is 1. The topological polar surface area (TPSA) is 67.1 Å². The first-order chi connectivity index (χ1) is 12.2. The summed E-state index contributed by atoms with van der Waals surface area (Å²) in [4.78, 5) is 6.53. The van der Waals surface area contributed by atoms with Crippen LogP contribution in [0.3, 0.4) is 0 Å². The van der Waals surface area contributed by atoms with Gasteiger partial charge in [0.1, 0.15) is 11.3 Å². The predicted octanol–water partition coefficient (Wildman–Crippen LogP) is 3.18. The van der Waals surface area contributed by atoms with Crippen molar-refractivity contribution in [3.05, 3.63) is 41.8 Å². The zero-order valence-corrected chi connectivity index (χ0v) is 13.7. The highest BCUT2D eigenvalue weighted by Crippen LogP contribution is 2.39. The molecule has 3 aromatic rings. The van der Waals surface area contributed by atoms with Crippen LogP contribution in [0.4, 0.5) is 16.2 Å². The highest BCUT2D eigenvalue weighted by molar-refractivity contribution is 5.74. The van der Waals surface area contributed by atoms with Crippen molar-refractivity contribution in [2.24, 2.45) is 5.92 Å². The molecule has 1 saturated heterocycles. The van der Waals surface area contributed by atoms with Crippen LogP contribution in [0.25, 0.3) is 11.1 Å². The fraction of sp³-hybridized carbons (Fsp3) is 0.389. The normalized spacial score (nSPS) is 17.7. The van der Waals surface area contributed by atoms with Crippen molar-refractivity contribution in [2.75, 3.05) is 29.9 Å². The van der Waals surface area contributed by atoms with E-state index < -0.39 is 0 Å². The molecule has 0 unspecified atom stereocenters. The average Bonchev–Trinajstić information content (AvgIpc) is 3.34. The fourth-order valence-corrected chi connectivity index (χ4v) is 3.19. The van der Waals surface area contributed by atoms with Crippen molar-refractivity contribution in [1.29, 1.82) is 0 Å². The molecule has 0 bridgehead atoms. The van der Waals surface area contributed by atoms with Crippen LogP contribution >= 0.6 is 0 Å². The molecule has 7 heteroatoms. The van der Waals surface area contributed by atoms with E-state index >= 15 is 0 Å². The highest BCUT2D eigenvalue weighted by Gasteiger charge is 2.29. The third-order valence-corrected chi connectivity index (χ3v) is 4.84. The van der Waals surface area contributed by atoms with Crippen molar-refractivity contribution < 1.29 is 8.81 Å². The molecule has 2 aliphatic rings. The summed E-state index contributed by atoms with van der Waals surface area (Å²) in [6.07, 6.45) is 2.49. The van der Waals surface area contributed by atoms with E-state index in [9.17, 15) is 4.39 Å². The molecule has 1 aliphatic carbocycles. The molecule has 1 aromatic carbocycles. The summed E-state index contributed by atoms with van der Waals surface area (Å²) < 4.78 is 18.7. The van der Waals surface area contributed by atoms with E-state index in [0.717, 1.165) is 31.1 Å². The number of fused-ring (bicyclic) bond motifs is 1. The number of anilines is 2. The van der Waals surface area contributed by atoms with Crippen molar-refractivity contribution in [1.82, 2.24) is 15.2 Å². The molecule has 0 spiro atoms. The van der Waals surface area contributed by atoms with Gasteiger partial charge in [0.15, 0.2) is 11.4 Å². The van der Waals surface area contributed by atoms with Crippen molar-refractivity contribution in [3.63, 3.8) is 0 Å². The van der Waals surface area contributed by atoms with Crippen molar-refractivity contribution in [2.45, 2.75) is 18.8 Å². The van der Waals surface area contributed by atoms with E-state index in [-0.39, 0.29) is 5.82 Å². The Morgan fingerprint density at radius 3 is 2.80 bits per heavy atom. The molecule has 128 valence electrons. The smallest absolute Gasteiger partial charge is 0.295 e. The maximum Gasteiger partial charge on any atom is 0.295 e. The molecule has 1 aliphatic heterocycles. The molecular weight excluding hydrogens is 321 g/mol. The Hall–Kier alpha value is -2.70. The van der Waals surface area contributed by atoms with Crippen LogP contribution in [-0.2, 0) is 0 Å². The maximum atomic E-state index is 13.2. The zero-order chi connectivity index (χ0) is 16.8. The molecule has 6 nitrogen and oxygen atoms in total. The van der Waals surface area contributed by atoms with Gasteiger partial charge in [-0.1, -0.05) is 0 Å². The first kappa shape index (κ1) is 14.6. The van der Waals surface area contributed by atoms with E-state index in [1.54, 1.807) is 6.07 Å².